The molecule has 7 heteroatoms. The van der Waals surface area contributed by atoms with Gasteiger partial charge in [-0.05, 0) is 48.3 Å². The maximum Gasteiger partial charge on any atom is 0.262 e. The van der Waals surface area contributed by atoms with Crippen molar-refractivity contribution in [3.63, 3.8) is 0 Å². The lowest BCUT2D eigenvalue weighted by molar-refractivity contribution is 0.226. The lowest BCUT2D eigenvalue weighted by Crippen LogP contribution is -2.31. The molecule has 5 rings (SSSR count). The third kappa shape index (κ3) is 3.54. The number of para-hydroxylation sites is 1. The topological polar surface area (TPSA) is 47.5 Å². The van der Waals surface area contributed by atoms with E-state index in [0.717, 1.165) is 31.4 Å². The summed E-state index contributed by atoms with van der Waals surface area (Å²) in [5, 5.41) is 5.46. The quantitative estimate of drug-likeness (QED) is 0.441. The summed E-state index contributed by atoms with van der Waals surface area (Å²) in [6, 6.07) is 18.2. The molecule has 0 amide bonds. The zero-order chi connectivity index (χ0) is 21.4. The van der Waals surface area contributed by atoms with Gasteiger partial charge in [0.05, 0.1) is 17.6 Å². The Morgan fingerprint density at radius 3 is 2.58 bits per heavy atom. The van der Waals surface area contributed by atoms with E-state index in [2.05, 4.69) is 42.2 Å². The SMILES string of the molecule is CCCn1c(=O)c2ccccc2n2c(=S)n(CN3CC=C(c4ccccc4)CC3)nc12. The summed E-state index contributed by atoms with van der Waals surface area (Å²) in [4.78, 5) is 15.4. The molecule has 0 radical (unpaired) electrons. The number of rotatable bonds is 5. The number of benzene rings is 2. The maximum atomic E-state index is 13.1. The molecule has 1 aliphatic rings. The van der Waals surface area contributed by atoms with Crippen molar-refractivity contribution in [1.29, 1.82) is 0 Å². The summed E-state index contributed by atoms with van der Waals surface area (Å²) in [7, 11) is 0. The fourth-order valence-electron chi connectivity index (χ4n) is 4.33. The van der Waals surface area contributed by atoms with Crippen LogP contribution < -0.4 is 5.56 Å². The van der Waals surface area contributed by atoms with Crippen molar-refractivity contribution in [2.24, 2.45) is 0 Å². The predicted octanol–water partition coefficient (Wildman–Crippen LogP) is 4.34. The molecule has 0 bridgehead atoms. The molecular weight excluding hydrogens is 406 g/mol. The molecule has 4 aromatic rings. The van der Waals surface area contributed by atoms with Crippen LogP contribution in [0.4, 0.5) is 0 Å². The molecule has 31 heavy (non-hydrogen) atoms. The van der Waals surface area contributed by atoms with E-state index in [1.165, 1.54) is 11.1 Å². The lowest BCUT2D eigenvalue weighted by atomic mass is 10.00. The van der Waals surface area contributed by atoms with Gasteiger partial charge in [-0.1, -0.05) is 55.5 Å². The molecule has 0 saturated carbocycles. The minimum Gasteiger partial charge on any atom is -0.280 e. The van der Waals surface area contributed by atoms with Crippen LogP contribution in [0, 0.1) is 4.77 Å². The number of aryl methyl sites for hydroxylation is 1. The summed E-state index contributed by atoms with van der Waals surface area (Å²) in [6.07, 6.45) is 4.14. The highest BCUT2D eigenvalue weighted by Crippen LogP contribution is 2.22. The summed E-state index contributed by atoms with van der Waals surface area (Å²) in [6.45, 7) is 5.08. The minimum atomic E-state index is -0.00879. The van der Waals surface area contributed by atoms with Gasteiger partial charge in [0.25, 0.3) is 5.56 Å². The fraction of sp³-hybridized carbons (Fsp3) is 0.292. The normalized spacial score (nSPS) is 14.9. The van der Waals surface area contributed by atoms with E-state index in [9.17, 15) is 4.79 Å². The van der Waals surface area contributed by atoms with Crippen LogP contribution in [-0.2, 0) is 13.2 Å². The minimum absolute atomic E-state index is 0.00879. The van der Waals surface area contributed by atoms with Gasteiger partial charge in [-0.2, -0.15) is 0 Å². The molecule has 6 nitrogen and oxygen atoms in total. The van der Waals surface area contributed by atoms with Crippen molar-refractivity contribution in [2.75, 3.05) is 13.1 Å². The molecule has 2 aromatic carbocycles. The van der Waals surface area contributed by atoms with E-state index in [0.29, 0.717) is 29.1 Å². The Balaban J connectivity index is 1.52. The van der Waals surface area contributed by atoms with Crippen molar-refractivity contribution in [1.82, 2.24) is 23.6 Å². The second-order valence-electron chi connectivity index (χ2n) is 7.96. The smallest absolute Gasteiger partial charge is 0.262 e. The van der Waals surface area contributed by atoms with Crippen molar-refractivity contribution in [3.8, 4) is 0 Å². The third-order valence-electron chi connectivity index (χ3n) is 5.90. The zero-order valence-electron chi connectivity index (χ0n) is 17.6. The number of nitrogens with zero attached hydrogens (tertiary/aromatic N) is 5. The molecule has 0 saturated heterocycles. The Morgan fingerprint density at radius 2 is 1.84 bits per heavy atom. The van der Waals surface area contributed by atoms with Crippen molar-refractivity contribution < 1.29 is 0 Å². The first-order valence-corrected chi connectivity index (χ1v) is 11.2. The van der Waals surface area contributed by atoms with Crippen molar-refractivity contribution in [3.05, 3.63) is 81.4 Å². The van der Waals surface area contributed by atoms with Gasteiger partial charge >= 0.3 is 0 Å². The van der Waals surface area contributed by atoms with E-state index in [1.54, 1.807) is 4.57 Å². The van der Waals surface area contributed by atoms with Gasteiger partial charge in [-0.3, -0.25) is 18.7 Å². The second-order valence-corrected chi connectivity index (χ2v) is 8.32. The Bertz CT molecular complexity index is 1400. The number of hydrogen-bond donors (Lipinski definition) is 0. The largest absolute Gasteiger partial charge is 0.280 e. The summed E-state index contributed by atoms with van der Waals surface area (Å²) < 4.78 is 6.16. The lowest BCUT2D eigenvalue weighted by Gasteiger charge is -2.26. The molecule has 158 valence electrons. The van der Waals surface area contributed by atoms with E-state index in [4.69, 9.17) is 17.3 Å². The summed E-state index contributed by atoms with van der Waals surface area (Å²) in [5.74, 6) is 0.619. The highest BCUT2D eigenvalue weighted by molar-refractivity contribution is 7.71. The van der Waals surface area contributed by atoms with Crippen LogP contribution in [0.1, 0.15) is 25.3 Å². The van der Waals surface area contributed by atoms with Crippen LogP contribution in [0.5, 0.6) is 0 Å². The molecule has 0 spiro atoms. The molecule has 0 N–H and O–H groups in total. The first-order valence-electron chi connectivity index (χ1n) is 10.8. The van der Waals surface area contributed by atoms with Crippen LogP contribution in [0.25, 0.3) is 22.3 Å². The third-order valence-corrected chi connectivity index (χ3v) is 6.30. The van der Waals surface area contributed by atoms with Crippen molar-refractivity contribution >= 4 is 34.5 Å². The molecule has 0 unspecified atom stereocenters. The molecule has 1 aliphatic heterocycles. The van der Waals surface area contributed by atoms with Gasteiger partial charge in [0, 0.05) is 19.6 Å². The Labute approximate surface area is 185 Å². The highest BCUT2D eigenvalue weighted by Gasteiger charge is 2.18. The molecule has 2 aromatic heterocycles. The van der Waals surface area contributed by atoms with Crippen LogP contribution in [0.15, 0.2) is 65.5 Å². The highest BCUT2D eigenvalue weighted by atomic mass is 32.1. The van der Waals surface area contributed by atoms with Crippen LogP contribution >= 0.6 is 12.2 Å². The van der Waals surface area contributed by atoms with Crippen LogP contribution in [-0.4, -0.2) is 36.7 Å². The van der Waals surface area contributed by atoms with Crippen LogP contribution in [0.2, 0.25) is 0 Å². The standard InChI is InChI=1S/C24H25N5OS/c1-2-14-27-22(30)20-10-6-7-11-21(20)29-23(27)25-28(24(29)31)17-26-15-12-19(13-16-26)18-8-4-3-5-9-18/h3-12H,2,13-17H2,1H3. The number of hydrogen-bond acceptors (Lipinski definition) is 4. The monoisotopic (exact) mass is 431 g/mol. The Kier molecular flexibility index (Phi) is 5.29. The van der Waals surface area contributed by atoms with Gasteiger partial charge in [-0.25, -0.2) is 4.68 Å². The summed E-state index contributed by atoms with van der Waals surface area (Å²) in [5.41, 5.74) is 3.49. The molecule has 0 atom stereocenters. The molecular formula is C24H25N5OS. The van der Waals surface area contributed by atoms with Gasteiger partial charge in [0.2, 0.25) is 10.5 Å². The number of aromatic nitrogens is 4. The maximum absolute atomic E-state index is 13.1. The summed E-state index contributed by atoms with van der Waals surface area (Å²) >= 11 is 5.82. The van der Waals surface area contributed by atoms with Gasteiger partial charge in [0.15, 0.2) is 0 Å². The van der Waals surface area contributed by atoms with Crippen molar-refractivity contribution in [2.45, 2.75) is 33.0 Å². The first-order chi connectivity index (χ1) is 15.2. The first kappa shape index (κ1) is 19.9. The Hall–Kier alpha value is -3.03. The van der Waals surface area contributed by atoms with E-state index < -0.39 is 0 Å². The van der Waals surface area contributed by atoms with Gasteiger partial charge in [-0.15, -0.1) is 5.10 Å². The van der Waals surface area contributed by atoms with E-state index in [-0.39, 0.29) is 5.56 Å². The van der Waals surface area contributed by atoms with Gasteiger partial charge in [0.1, 0.15) is 0 Å². The zero-order valence-corrected chi connectivity index (χ0v) is 18.4. The van der Waals surface area contributed by atoms with E-state index >= 15 is 0 Å². The fourth-order valence-corrected chi connectivity index (χ4v) is 4.61. The van der Waals surface area contributed by atoms with Crippen LogP contribution in [0.3, 0.4) is 0 Å². The van der Waals surface area contributed by atoms with E-state index in [1.807, 2.05) is 39.4 Å². The predicted molar refractivity (Wildman–Crippen MR) is 127 cm³/mol. The van der Waals surface area contributed by atoms with Gasteiger partial charge < -0.3 is 0 Å². The Morgan fingerprint density at radius 1 is 1.06 bits per heavy atom. The average molecular weight is 432 g/mol. The molecule has 3 heterocycles. The molecule has 0 aliphatic carbocycles. The average Bonchev–Trinajstić information content (AvgIpc) is 3.13. The molecule has 0 fully saturated rings. The second kappa shape index (κ2) is 8.24. The number of fused-ring (bicyclic) bond motifs is 3.